The lowest BCUT2D eigenvalue weighted by Gasteiger charge is -2.09. The van der Waals surface area contributed by atoms with E-state index in [9.17, 15) is 9.59 Å². The van der Waals surface area contributed by atoms with E-state index in [0.717, 1.165) is 5.56 Å². The molecular formula is C17H16Cl2N2O2. The van der Waals surface area contributed by atoms with Crippen molar-refractivity contribution in [2.45, 2.75) is 13.3 Å². The number of carbonyl (C=O) groups is 2. The Morgan fingerprint density at radius 2 is 1.87 bits per heavy atom. The van der Waals surface area contributed by atoms with E-state index in [1.54, 1.807) is 36.4 Å². The second-order valence-electron chi connectivity index (χ2n) is 5.00. The van der Waals surface area contributed by atoms with Crippen LogP contribution in [0.2, 0.25) is 10.0 Å². The van der Waals surface area contributed by atoms with E-state index in [2.05, 4.69) is 10.6 Å². The summed E-state index contributed by atoms with van der Waals surface area (Å²) in [6.07, 6.45) is 0.594. The fraction of sp³-hybridized carbons (Fsp3) is 0.176. The van der Waals surface area contributed by atoms with Crippen molar-refractivity contribution in [1.82, 2.24) is 5.32 Å². The summed E-state index contributed by atoms with van der Waals surface area (Å²) in [5, 5.41) is 6.59. The Hall–Kier alpha value is -2.04. The standard InChI is InChI=1S/C17H16Cl2N2O2/c1-11(22)13-3-2-4-15(9-13)21-17(23)20-8-7-12-5-6-14(18)10-16(12)19/h2-6,9-10H,7-8H2,1H3,(H2,20,21,23). The van der Waals surface area contributed by atoms with Crippen LogP contribution in [0.4, 0.5) is 10.5 Å². The van der Waals surface area contributed by atoms with Gasteiger partial charge in [-0.05, 0) is 43.2 Å². The van der Waals surface area contributed by atoms with Crippen molar-refractivity contribution < 1.29 is 9.59 Å². The van der Waals surface area contributed by atoms with Gasteiger partial charge in [0.05, 0.1) is 0 Å². The van der Waals surface area contributed by atoms with Gasteiger partial charge in [-0.1, -0.05) is 41.4 Å². The Morgan fingerprint density at radius 3 is 2.57 bits per heavy atom. The number of rotatable bonds is 5. The van der Waals surface area contributed by atoms with Gasteiger partial charge < -0.3 is 10.6 Å². The molecule has 120 valence electrons. The first-order valence-electron chi connectivity index (χ1n) is 7.05. The van der Waals surface area contributed by atoms with E-state index in [-0.39, 0.29) is 11.8 Å². The third-order valence-corrected chi connectivity index (χ3v) is 3.81. The Balaban J connectivity index is 1.85. The second-order valence-corrected chi connectivity index (χ2v) is 5.85. The first kappa shape index (κ1) is 17.3. The number of hydrogen-bond acceptors (Lipinski definition) is 2. The number of hydrogen-bond donors (Lipinski definition) is 2. The van der Waals surface area contributed by atoms with Gasteiger partial charge in [-0.15, -0.1) is 0 Å². The van der Waals surface area contributed by atoms with Gasteiger partial charge >= 0.3 is 6.03 Å². The highest BCUT2D eigenvalue weighted by Crippen LogP contribution is 2.21. The Kier molecular flexibility index (Phi) is 6.02. The van der Waals surface area contributed by atoms with Crippen LogP contribution in [0.15, 0.2) is 42.5 Å². The first-order valence-corrected chi connectivity index (χ1v) is 7.81. The quantitative estimate of drug-likeness (QED) is 0.776. The normalized spacial score (nSPS) is 10.2. The van der Waals surface area contributed by atoms with Crippen molar-refractivity contribution in [3.8, 4) is 0 Å². The van der Waals surface area contributed by atoms with Crippen molar-refractivity contribution in [3.63, 3.8) is 0 Å². The average molecular weight is 351 g/mol. The maximum Gasteiger partial charge on any atom is 0.319 e. The molecule has 0 saturated carbocycles. The summed E-state index contributed by atoms with van der Waals surface area (Å²) in [6.45, 7) is 1.91. The summed E-state index contributed by atoms with van der Waals surface area (Å²) in [7, 11) is 0. The summed E-state index contributed by atoms with van der Waals surface area (Å²) < 4.78 is 0. The van der Waals surface area contributed by atoms with Crippen molar-refractivity contribution >= 4 is 40.7 Å². The molecule has 2 N–H and O–H groups in total. The maximum atomic E-state index is 11.9. The monoisotopic (exact) mass is 350 g/mol. The van der Waals surface area contributed by atoms with Crippen LogP contribution < -0.4 is 10.6 Å². The molecule has 2 aromatic rings. The summed E-state index contributed by atoms with van der Waals surface area (Å²) in [5.41, 5.74) is 2.03. The summed E-state index contributed by atoms with van der Waals surface area (Å²) >= 11 is 11.9. The van der Waals surface area contributed by atoms with Crippen molar-refractivity contribution in [1.29, 1.82) is 0 Å². The first-order chi connectivity index (χ1) is 11.0. The van der Waals surface area contributed by atoms with Crippen molar-refractivity contribution in [2.75, 3.05) is 11.9 Å². The van der Waals surface area contributed by atoms with Crippen LogP contribution in [-0.4, -0.2) is 18.4 Å². The highest BCUT2D eigenvalue weighted by Gasteiger charge is 2.05. The van der Waals surface area contributed by atoms with Crippen molar-refractivity contribution in [3.05, 3.63) is 63.6 Å². The number of urea groups is 1. The molecule has 0 unspecified atom stereocenters. The van der Waals surface area contributed by atoms with Crippen LogP contribution >= 0.6 is 23.2 Å². The van der Waals surface area contributed by atoms with Gasteiger partial charge in [-0.3, -0.25) is 4.79 Å². The third kappa shape index (κ3) is 5.27. The molecule has 0 radical (unpaired) electrons. The smallest absolute Gasteiger partial charge is 0.319 e. The number of amides is 2. The molecule has 2 amide bonds. The molecular weight excluding hydrogens is 335 g/mol. The van der Waals surface area contributed by atoms with Crippen molar-refractivity contribution in [2.24, 2.45) is 0 Å². The van der Waals surface area contributed by atoms with Gasteiger partial charge in [0.1, 0.15) is 0 Å². The average Bonchev–Trinajstić information content (AvgIpc) is 2.49. The molecule has 0 saturated heterocycles. The number of benzene rings is 2. The lowest BCUT2D eigenvalue weighted by Crippen LogP contribution is -2.30. The largest absolute Gasteiger partial charge is 0.338 e. The van der Waals surface area contributed by atoms with Gasteiger partial charge in [0, 0.05) is 27.8 Å². The maximum absolute atomic E-state index is 11.9. The number of halogens is 2. The van der Waals surface area contributed by atoms with Crippen LogP contribution in [0.1, 0.15) is 22.8 Å². The number of anilines is 1. The molecule has 0 aromatic heterocycles. The number of nitrogens with one attached hydrogen (secondary N) is 2. The molecule has 2 aromatic carbocycles. The molecule has 2 rings (SSSR count). The Morgan fingerprint density at radius 1 is 1.09 bits per heavy atom. The molecule has 0 atom stereocenters. The number of carbonyl (C=O) groups excluding carboxylic acids is 2. The highest BCUT2D eigenvalue weighted by atomic mass is 35.5. The van der Waals surface area contributed by atoms with Crippen LogP contribution in [0.3, 0.4) is 0 Å². The SMILES string of the molecule is CC(=O)c1cccc(NC(=O)NCCc2ccc(Cl)cc2Cl)c1. The minimum absolute atomic E-state index is 0.0496. The molecule has 0 heterocycles. The zero-order chi connectivity index (χ0) is 16.8. The zero-order valence-electron chi connectivity index (χ0n) is 12.5. The molecule has 23 heavy (non-hydrogen) atoms. The van der Waals surface area contributed by atoms with E-state index in [1.165, 1.54) is 6.92 Å². The zero-order valence-corrected chi connectivity index (χ0v) is 14.0. The summed E-state index contributed by atoms with van der Waals surface area (Å²) in [6, 6.07) is 11.7. The Bertz CT molecular complexity index is 732. The van der Waals surface area contributed by atoms with Gasteiger partial charge in [-0.25, -0.2) is 4.79 Å². The third-order valence-electron chi connectivity index (χ3n) is 3.22. The molecule has 0 spiro atoms. The summed E-state index contributed by atoms with van der Waals surface area (Å²) in [4.78, 5) is 23.2. The molecule has 4 nitrogen and oxygen atoms in total. The van der Waals surface area contributed by atoms with Crippen LogP contribution in [-0.2, 0) is 6.42 Å². The van der Waals surface area contributed by atoms with E-state index >= 15 is 0 Å². The lowest BCUT2D eigenvalue weighted by molar-refractivity contribution is 0.101. The predicted molar refractivity (Wildman–Crippen MR) is 93.6 cm³/mol. The fourth-order valence-corrected chi connectivity index (χ4v) is 2.53. The fourth-order valence-electron chi connectivity index (χ4n) is 2.03. The van der Waals surface area contributed by atoms with E-state index in [4.69, 9.17) is 23.2 Å². The van der Waals surface area contributed by atoms with E-state index in [0.29, 0.717) is 34.3 Å². The van der Waals surface area contributed by atoms with Crippen LogP contribution in [0.25, 0.3) is 0 Å². The van der Waals surface area contributed by atoms with E-state index in [1.807, 2.05) is 6.07 Å². The minimum Gasteiger partial charge on any atom is -0.338 e. The van der Waals surface area contributed by atoms with E-state index < -0.39 is 0 Å². The topological polar surface area (TPSA) is 58.2 Å². The molecule has 0 fully saturated rings. The number of ketones is 1. The summed E-state index contributed by atoms with van der Waals surface area (Å²) in [5.74, 6) is -0.0496. The molecule has 0 aliphatic carbocycles. The minimum atomic E-state index is -0.337. The second kappa shape index (κ2) is 7.99. The van der Waals surface area contributed by atoms with Gasteiger partial charge in [0.25, 0.3) is 0 Å². The molecule has 0 aliphatic heterocycles. The van der Waals surface area contributed by atoms with Crippen LogP contribution in [0, 0.1) is 0 Å². The van der Waals surface area contributed by atoms with Gasteiger partial charge in [0.2, 0.25) is 0 Å². The Labute approximate surface area is 144 Å². The predicted octanol–water partition coefficient (Wildman–Crippen LogP) is 4.56. The lowest BCUT2D eigenvalue weighted by atomic mass is 10.1. The van der Waals surface area contributed by atoms with Gasteiger partial charge in [-0.2, -0.15) is 0 Å². The highest BCUT2D eigenvalue weighted by molar-refractivity contribution is 6.35. The molecule has 0 aliphatic rings. The van der Waals surface area contributed by atoms with Crippen LogP contribution in [0.5, 0.6) is 0 Å². The number of Topliss-reactive ketones (excluding diaryl/α,β-unsaturated/α-hetero) is 1. The molecule has 6 heteroatoms. The molecule has 0 bridgehead atoms. The van der Waals surface area contributed by atoms with Gasteiger partial charge in [0.15, 0.2) is 5.78 Å².